The Balaban J connectivity index is 1.56. The van der Waals surface area contributed by atoms with Crippen molar-refractivity contribution < 1.29 is 38.0 Å². The molecule has 0 saturated heterocycles. The number of methoxy groups -OCH3 is 2. The highest BCUT2D eigenvalue weighted by Crippen LogP contribution is 2.50. The summed E-state index contributed by atoms with van der Waals surface area (Å²) in [6.45, 7) is 7.35. The van der Waals surface area contributed by atoms with Crippen LogP contribution in [0.5, 0.6) is 17.2 Å². The van der Waals surface area contributed by atoms with Gasteiger partial charge in [0.05, 0.1) is 13.2 Å². The molecule has 3 rings (SSSR count). The molecule has 0 N–H and O–H groups in total. The molecule has 8 nitrogen and oxygen atoms in total. The van der Waals surface area contributed by atoms with Gasteiger partial charge >= 0.3 is 5.97 Å². The van der Waals surface area contributed by atoms with Crippen LogP contribution in [-0.2, 0) is 29.2 Å². The maximum atomic E-state index is 12.4. The minimum absolute atomic E-state index is 0.0201. The number of carbonyl (C=O) groups excluding carboxylic acids is 2. The van der Waals surface area contributed by atoms with E-state index in [0.29, 0.717) is 26.1 Å². The van der Waals surface area contributed by atoms with Gasteiger partial charge in [-0.2, -0.15) is 0 Å². The smallest absolute Gasteiger partial charge is 0.316 e. The van der Waals surface area contributed by atoms with E-state index in [0.717, 1.165) is 75.0 Å². The molecule has 0 fully saturated rings. The highest BCUT2D eigenvalue weighted by molar-refractivity contribution is 5.98. The first-order chi connectivity index (χ1) is 21.9. The van der Waals surface area contributed by atoms with Gasteiger partial charge in [-0.1, -0.05) is 77.0 Å². The highest BCUT2D eigenvalue weighted by Gasteiger charge is 2.42. The number of unbranched alkanes of at least 4 members (excludes halogenated alkanes) is 6. The Hall–Kier alpha value is -3.10. The van der Waals surface area contributed by atoms with Crippen molar-refractivity contribution in [2.75, 3.05) is 41.0 Å². The number of esters is 1. The predicted molar refractivity (Wildman–Crippen MR) is 175 cm³/mol. The zero-order valence-corrected chi connectivity index (χ0v) is 28.1. The number of ketones is 1. The fourth-order valence-corrected chi connectivity index (χ4v) is 6.29. The SMILES string of the molecule is CCCC(=O)C(CCCCCCCCCC1c2ccc(OCOC)cc2OCC1(C)c1ccc(OCOC)cc1)C(=O)OCC. The van der Waals surface area contributed by atoms with Crippen molar-refractivity contribution in [3.05, 3.63) is 53.6 Å². The molecule has 0 radical (unpaired) electrons. The Kier molecular flexibility index (Phi) is 15.7. The van der Waals surface area contributed by atoms with E-state index in [9.17, 15) is 9.59 Å². The predicted octanol–water partition coefficient (Wildman–Crippen LogP) is 8.15. The maximum Gasteiger partial charge on any atom is 0.316 e. The molecule has 45 heavy (non-hydrogen) atoms. The fourth-order valence-electron chi connectivity index (χ4n) is 6.29. The van der Waals surface area contributed by atoms with Crippen LogP contribution < -0.4 is 14.2 Å². The largest absolute Gasteiger partial charge is 0.492 e. The lowest BCUT2D eigenvalue weighted by atomic mass is 9.66. The second kappa shape index (κ2) is 19.4. The summed E-state index contributed by atoms with van der Waals surface area (Å²) in [4.78, 5) is 24.7. The van der Waals surface area contributed by atoms with E-state index in [1.165, 1.54) is 11.1 Å². The third-order valence-corrected chi connectivity index (χ3v) is 8.80. The Labute approximate surface area is 270 Å². The molecule has 1 heterocycles. The first-order valence-corrected chi connectivity index (χ1v) is 16.7. The van der Waals surface area contributed by atoms with Crippen molar-refractivity contribution in [3.63, 3.8) is 0 Å². The minimum atomic E-state index is -0.599. The van der Waals surface area contributed by atoms with E-state index in [4.69, 9.17) is 28.4 Å². The average Bonchev–Trinajstić information content (AvgIpc) is 3.04. The molecule has 1 aliphatic heterocycles. The zero-order chi connectivity index (χ0) is 32.5. The van der Waals surface area contributed by atoms with Crippen LogP contribution >= 0.6 is 0 Å². The van der Waals surface area contributed by atoms with Gasteiger partial charge in [0.15, 0.2) is 13.6 Å². The van der Waals surface area contributed by atoms with Gasteiger partial charge in [0.25, 0.3) is 0 Å². The van der Waals surface area contributed by atoms with Crippen molar-refractivity contribution >= 4 is 11.8 Å². The second-order valence-electron chi connectivity index (χ2n) is 12.2. The third kappa shape index (κ3) is 10.7. The molecule has 0 saturated carbocycles. The molecule has 2 aromatic rings. The summed E-state index contributed by atoms with van der Waals surface area (Å²) in [5.74, 6) is 1.74. The van der Waals surface area contributed by atoms with Crippen LogP contribution in [0.25, 0.3) is 0 Å². The zero-order valence-electron chi connectivity index (χ0n) is 28.1. The van der Waals surface area contributed by atoms with Crippen LogP contribution in [-0.4, -0.2) is 52.8 Å². The third-order valence-electron chi connectivity index (χ3n) is 8.80. The monoisotopic (exact) mass is 626 g/mol. The van der Waals surface area contributed by atoms with E-state index >= 15 is 0 Å². The number of ether oxygens (including phenoxy) is 6. The summed E-state index contributed by atoms with van der Waals surface area (Å²) in [6, 6.07) is 14.4. The molecule has 0 bridgehead atoms. The van der Waals surface area contributed by atoms with Gasteiger partial charge in [0, 0.05) is 38.0 Å². The summed E-state index contributed by atoms with van der Waals surface area (Å²) in [5.41, 5.74) is 2.23. The molecule has 0 aliphatic carbocycles. The van der Waals surface area contributed by atoms with Gasteiger partial charge in [-0.3, -0.25) is 9.59 Å². The molecule has 0 aromatic heterocycles. The van der Waals surface area contributed by atoms with Gasteiger partial charge < -0.3 is 28.4 Å². The summed E-state index contributed by atoms with van der Waals surface area (Å²) in [7, 11) is 3.23. The average molecular weight is 627 g/mol. The van der Waals surface area contributed by atoms with Crippen molar-refractivity contribution in [2.24, 2.45) is 5.92 Å². The number of benzene rings is 2. The first kappa shape index (κ1) is 36.4. The van der Waals surface area contributed by atoms with Gasteiger partial charge in [-0.15, -0.1) is 0 Å². The second-order valence-corrected chi connectivity index (χ2v) is 12.2. The van der Waals surface area contributed by atoms with Crippen molar-refractivity contribution in [1.29, 1.82) is 0 Å². The summed E-state index contributed by atoms with van der Waals surface area (Å²) in [5, 5.41) is 0. The molecule has 2 aromatic carbocycles. The number of hydrogen-bond acceptors (Lipinski definition) is 8. The van der Waals surface area contributed by atoms with E-state index < -0.39 is 5.92 Å². The maximum absolute atomic E-state index is 12.4. The lowest BCUT2D eigenvalue weighted by Crippen LogP contribution is -2.40. The molecular weight excluding hydrogens is 572 g/mol. The first-order valence-electron chi connectivity index (χ1n) is 16.7. The van der Waals surface area contributed by atoms with Crippen molar-refractivity contribution in [1.82, 2.24) is 0 Å². The number of hydrogen-bond donors (Lipinski definition) is 0. The molecule has 0 amide bonds. The van der Waals surface area contributed by atoms with Gasteiger partial charge in [-0.05, 0) is 55.5 Å². The van der Waals surface area contributed by atoms with Crippen LogP contribution in [0.3, 0.4) is 0 Å². The summed E-state index contributed by atoms with van der Waals surface area (Å²) in [6.07, 6.45) is 10.4. The number of carbonyl (C=O) groups is 2. The van der Waals surface area contributed by atoms with E-state index in [1.54, 1.807) is 21.1 Å². The van der Waals surface area contributed by atoms with Crippen LogP contribution in [0.4, 0.5) is 0 Å². The van der Waals surface area contributed by atoms with Crippen LogP contribution in [0, 0.1) is 5.92 Å². The number of rotatable bonds is 22. The lowest BCUT2D eigenvalue weighted by molar-refractivity contribution is -0.152. The molecule has 8 heteroatoms. The summed E-state index contributed by atoms with van der Waals surface area (Å²) < 4.78 is 33.0. The Morgan fingerprint density at radius 3 is 2.13 bits per heavy atom. The molecule has 3 atom stereocenters. The Bertz CT molecular complexity index is 1150. The van der Waals surface area contributed by atoms with E-state index in [1.807, 2.05) is 31.2 Å². The van der Waals surface area contributed by atoms with Crippen molar-refractivity contribution in [2.45, 2.75) is 103 Å². The summed E-state index contributed by atoms with van der Waals surface area (Å²) >= 11 is 0. The van der Waals surface area contributed by atoms with Crippen LogP contribution in [0.2, 0.25) is 0 Å². The van der Waals surface area contributed by atoms with Crippen LogP contribution in [0.15, 0.2) is 42.5 Å². The van der Waals surface area contributed by atoms with Crippen molar-refractivity contribution in [3.8, 4) is 17.2 Å². The fraction of sp³-hybridized carbons (Fsp3) is 0.622. The molecule has 0 spiro atoms. The highest BCUT2D eigenvalue weighted by atomic mass is 16.7. The molecule has 250 valence electrons. The van der Waals surface area contributed by atoms with E-state index in [2.05, 4.69) is 25.1 Å². The molecular formula is C37H54O8. The topological polar surface area (TPSA) is 89.5 Å². The normalized spacial score (nSPS) is 18.0. The lowest BCUT2D eigenvalue weighted by Gasteiger charge is -2.43. The van der Waals surface area contributed by atoms with Gasteiger partial charge in [-0.25, -0.2) is 0 Å². The minimum Gasteiger partial charge on any atom is -0.492 e. The van der Waals surface area contributed by atoms with Gasteiger partial charge in [0.2, 0.25) is 0 Å². The Morgan fingerprint density at radius 1 is 0.867 bits per heavy atom. The van der Waals surface area contributed by atoms with Gasteiger partial charge in [0.1, 0.15) is 28.9 Å². The van der Waals surface area contributed by atoms with E-state index in [-0.39, 0.29) is 36.7 Å². The molecule has 1 aliphatic rings. The van der Waals surface area contributed by atoms with Crippen LogP contribution in [0.1, 0.15) is 108 Å². The number of fused-ring (bicyclic) bond motifs is 1. The number of Topliss-reactive ketones (excluding diaryl/α,β-unsaturated/α-hetero) is 1. The molecule has 3 unspecified atom stereocenters. The quantitative estimate of drug-likeness (QED) is 0.0560. The Morgan fingerprint density at radius 2 is 1.49 bits per heavy atom. The standard InChI is InChI=1S/C37H54O8/c1-6-15-34(38)32(36(39)42-7-2)16-13-11-9-8-10-12-14-17-33-31-23-22-30(45-27-41-5)24-35(31)43-25-37(33,3)28-18-20-29(21-19-28)44-26-40-4/h18-24,32-33H,6-17,25-27H2,1-5H3.